The van der Waals surface area contributed by atoms with Crippen molar-refractivity contribution < 1.29 is 46.8 Å². The number of anilines is 1. The van der Waals surface area contributed by atoms with Crippen molar-refractivity contribution in [2.45, 2.75) is 12.4 Å². The van der Waals surface area contributed by atoms with Gasteiger partial charge in [-0.15, -0.1) is 13.2 Å². The molecule has 1 unspecified atom stereocenters. The molecule has 0 aliphatic carbocycles. The summed E-state index contributed by atoms with van der Waals surface area (Å²) in [5, 5.41) is 11.5. The third-order valence-corrected chi connectivity index (χ3v) is 6.25. The van der Waals surface area contributed by atoms with Gasteiger partial charge in [0.15, 0.2) is 0 Å². The van der Waals surface area contributed by atoms with Gasteiger partial charge in [-0.1, -0.05) is 23.7 Å². The fourth-order valence-electron chi connectivity index (χ4n) is 4.20. The van der Waals surface area contributed by atoms with Crippen LogP contribution < -0.4 is 23.8 Å². The maximum absolute atomic E-state index is 13.4. The van der Waals surface area contributed by atoms with E-state index in [0.29, 0.717) is 11.3 Å². The number of alkyl halides is 3. The number of rotatable bonds is 7. The van der Waals surface area contributed by atoms with Gasteiger partial charge in [0.05, 0.1) is 43.5 Å². The molecule has 0 spiro atoms. The number of hydrogen-bond donors (Lipinski definition) is 1. The molecule has 1 aliphatic heterocycles. The number of ether oxygens (including phenoxy) is 4. The minimum absolute atomic E-state index is 0.0220. The van der Waals surface area contributed by atoms with Crippen molar-refractivity contribution in [2.75, 3.05) is 26.2 Å². The maximum Gasteiger partial charge on any atom is 0.573 e. The molecule has 204 valence electrons. The molecule has 4 rings (SSSR count). The zero-order valence-electron chi connectivity index (χ0n) is 20.7. The number of aliphatic hydroxyl groups excluding tert-OH is 1. The fraction of sp³-hybridized carbons (Fsp3) is 0.185. The average Bonchev–Trinajstić information content (AvgIpc) is 3.17. The molecule has 3 aromatic rings. The Balaban J connectivity index is 1.91. The summed E-state index contributed by atoms with van der Waals surface area (Å²) in [5.41, 5.74) is 0.228. The van der Waals surface area contributed by atoms with Crippen LogP contribution in [0.4, 0.5) is 18.9 Å². The standard InChI is InChI=1S/C27H21ClF3NO7/c1-36-16-8-4-14(5-9-16)23-22(24(33)18-12-19(28)21(38-3)13-20(18)37-2)25(34)26(35)32(23)15-6-10-17(11-7-15)39-27(29,30)31/h4-13,23,33H,1-3H3/b24-22+. The number of halogens is 4. The molecule has 8 nitrogen and oxygen atoms in total. The van der Waals surface area contributed by atoms with Gasteiger partial charge in [0.25, 0.3) is 11.7 Å². The third-order valence-electron chi connectivity index (χ3n) is 5.95. The molecule has 1 amide bonds. The molecule has 1 N–H and O–H groups in total. The van der Waals surface area contributed by atoms with Crippen LogP contribution in [0.15, 0.2) is 66.2 Å². The van der Waals surface area contributed by atoms with Crippen LogP contribution in [0.3, 0.4) is 0 Å². The monoisotopic (exact) mass is 563 g/mol. The molecule has 0 radical (unpaired) electrons. The van der Waals surface area contributed by atoms with E-state index in [1.807, 2.05) is 0 Å². The Labute approximate surface area is 225 Å². The molecule has 1 fully saturated rings. The molecular weight excluding hydrogens is 543 g/mol. The lowest BCUT2D eigenvalue weighted by Gasteiger charge is -2.26. The van der Waals surface area contributed by atoms with Crippen molar-refractivity contribution in [3.8, 4) is 23.0 Å². The van der Waals surface area contributed by atoms with Gasteiger partial charge in [-0.3, -0.25) is 14.5 Å². The lowest BCUT2D eigenvalue weighted by molar-refractivity contribution is -0.274. The van der Waals surface area contributed by atoms with Crippen LogP contribution in [0.25, 0.3) is 5.76 Å². The first-order chi connectivity index (χ1) is 18.5. The number of carbonyl (C=O) groups is 2. The van der Waals surface area contributed by atoms with Crippen LogP contribution >= 0.6 is 11.6 Å². The van der Waals surface area contributed by atoms with Gasteiger partial charge in [-0.2, -0.15) is 0 Å². The Morgan fingerprint density at radius 1 is 0.872 bits per heavy atom. The molecule has 1 heterocycles. The highest BCUT2D eigenvalue weighted by atomic mass is 35.5. The Morgan fingerprint density at radius 3 is 2.00 bits per heavy atom. The van der Waals surface area contributed by atoms with Gasteiger partial charge in [-0.05, 0) is 48.0 Å². The van der Waals surface area contributed by atoms with E-state index in [2.05, 4.69) is 4.74 Å². The summed E-state index contributed by atoms with van der Waals surface area (Å²) in [5.74, 6) is -2.27. The van der Waals surface area contributed by atoms with E-state index in [1.54, 1.807) is 24.3 Å². The van der Waals surface area contributed by atoms with E-state index in [1.165, 1.54) is 45.6 Å². The van der Waals surface area contributed by atoms with Crippen LogP contribution in [-0.4, -0.2) is 44.5 Å². The highest BCUT2D eigenvalue weighted by molar-refractivity contribution is 6.51. The first-order valence-corrected chi connectivity index (χ1v) is 11.6. The van der Waals surface area contributed by atoms with E-state index in [0.717, 1.165) is 17.0 Å². The number of hydrogen-bond acceptors (Lipinski definition) is 7. The van der Waals surface area contributed by atoms with Gasteiger partial charge in [0.2, 0.25) is 0 Å². The smallest absolute Gasteiger partial charge is 0.507 e. The van der Waals surface area contributed by atoms with Crippen molar-refractivity contribution >= 4 is 34.7 Å². The summed E-state index contributed by atoms with van der Waals surface area (Å²) >= 11 is 6.26. The lowest BCUT2D eigenvalue weighted by Crippen LogP contribution is -2.29. The number of amides is 1. The first-order valence-electron chi connectivity index (χ1n) is 11.2. The number of benzene rings is 3. The SMILES string of the molecule is COc1ccc(C2/C(=C(\O)c3cc(Cl)c(OC)cc3OC)C(=O)C(=O)N2c2ccc(OC(F)(F)F)cc2)cc1. The van der Waals surface area contributed by atoms with E-state index >= 15 is 0 Å². The highest BCUT2D eigenvalue weighted by Gasteiger charge is 2.47. The van der Waals surface area contributed by atoms with Crippen LogP contribution in [0.5, 0.6) is 23.0 Å². The summed E-state index contributed by atoms with van der Waals surface area (Å²) in [6, 6.07) is 12.4. The summed E-state index contributed by atoms with van der Waals surface area (Å²) in [6.07, 6.45) is -4.91. The van der Waals surface area contributed by atoms with E-state index in [4.69, 9.17) is 25.8 Å². The van der Waals surface area contributed by atoms with Crippen LogP contribution in [-0.2, 0) is 9.59 Å². The molecule has 1 aliphatic rings. The minimum Gasteiger partial charge on any atom is -0.507 e. The van der Waals surface area contributed by atoms with Gasteiger partial charge >= 0.3 is 6.36 Å². The number of carbonyl (C=O) groups excluding carboxylic acids is 2. The van der Waals surface area contributed by atoms with Crippen molar-refractivity contribution in [1.29, 1.82) is 0 Å². The molecule has 0 bridgehead atoms. The van der Waals surface area contributed by atoms with Crippen LogP contribution in [0.1, 0.15) is 17.2 Å². The van der Waals surface area contributed by atoms with Gasteiger partial charge in [0, 0.05) is 11.8 Å². The summed E-state index contributed by atoms with van der Waals surface area (Å²) in [4.78, 5) is 27.8. The second-order valence-electron chi connectivity index (χ2n) is 8.17. The molecule has 0 saturated carbocycles. The van der Waals surface area contributed by atoms with E-state index in [-0.39, 0.29) is 33.3 Å². The quantitative estimate of drug-likeness (QED) is 0.218. The maximum atomic E-state index is 13.4. The van der Waals surface area contributed by atoms with Crippen molar-refractivity contribution in [3.05, 3.63) is 82.4 Å². The normalized spacial score (nSPS) is 16.8. The third kappa shape index (κ3) is 5.44. The lowest BCUT2D eigenvalue weighted by atomic mass is 9.94. The first kappa shape index (κ1) is 27.6. The summed E-state index contributed by atoms with van der Waals surface area (Å²) < 4.78 is 57.5. The minimum atomic E-state index is -4.91. The molecule has 0 aromatic heterocycles. The summed E-state index contributed by atoms with van der Waals surface area (Å²) in [6.45, 7) is 0. The zero-order valence-corrected chi connectivity index (χ0v) is 21.5. The second kappa shape index (κ2) is 10.8. The van der Waals surface area contributed by atoms with Crippen LogP contribution in [0.2, 0.25) is 5.02 Å². The highest BCUT2D eigenvalue weighted by Crippen LogP contribution is 2.45. The summed E-state index contributed by atoms with van der Waals surface area (Å²) in [7, 11) is 4.19. The van der Waals surface area contributed by atoms with Gasteiger partial charge < -0.3 is 24.1 Å². The van der Waals surface area contributed by atoms with Crippen LogP contribution in [0, 0.1) is 0 Å². The molecule has 3 aromatic carbocycles. The Hall–Kier alpha value is -4.38. The van der Waals surface area contributed by atoms with Crippen molar-refractivity contribution in [2.24, 2.45) is 0 Å². The Kier molecular flexibility index (Phi) is 7.64. The largest absolute Gasteiger partial charge is 0.573 e. The van der Waals surface area contributed by atoms with E-state index < -0.39 is 35.6 Å². The number of Topliss-reactive ketones (excluding diaryl/α,β-unsaturated/α-hetero) is 1. The van der Waals surface area contributed by atoms with E-state index in [9.17, 15) is 27.9 Å². The van der Waals surface area contributed by atoms with Crippen molar-refractivity contribution in [3.63, 3.8) is 0 Å². The molecule has 1 saturated heterocycles. The Morgan fingerprint density at radius 2 is 1.46 bits per heavy atom. The molecule has 12 heteroatoms. The topological polar surface area (TPSA) is 94.5 Å². The fourth-order valence-corrected chi connectivity index (χ4v) is 4.44. The molecule has 39 heavy (non-hydrogen) atoms. The number of nitrogens with zero attached hydrogens (tertiary/aromatic N) is 1. The number of ketones is 1. The second-order valence-corrected chi connectivity index (χ2v) is 8.58. The Bertz CT molecular complexity index is 1440. The van der Waals surface area contributed by atoms with Gasteiger partial charge in [0.1, 0.15) is 28.8 Å². The number of aliphatic hydroxyl groups is 1. The average molecular weight is 564 g/mol. The predicted molar refractivity (Wildman–Crippen MR) is 135 cm³/mol. The predicted octanol–water partition coefficient (Wildman–Crippen LogP) is 5.89. The number of methoxy groups -OCH3 is 3. The molecule has 1 atom stereocenters. The van der Waals surface area contributed by atoms with Gasteiger partial charge in [-0.25, -0.2) is 0 Å². The zero-order chi connectivity index (χ0) is 28.5. The van der Waals surface area contributed by atoms with Crippen molar-refractivity contribution in [1.82, 2.24) is 0 Å². The molecular formula is C27H21ClF3NO7.